The number of nitrogens with two attached hydrogens (primary N) is 1. The normalized spacial score (nSPS) is 10.9. The van der Waals surface area contributed by atoms with Crippen LogP contribution in [0.5, 0.6) is 0 Å². The van der Waals surface area contributed by atoms with Crippen molar-refractivity contribution in [1.82, 2.24) is 29.8 Å². The van der Waals surface area contributed by atoms with Crippen LogP contribution in [0.1, 0.15) is 33.1 Å². The molecule has 11 nitrogen and oxygen atoms in total. The summed E-state index contributed by atoms with van der Waals surface area (Å²) in [5, 5.41) is 12.1. The van der Waals surface area contributed by atoms with Gasteiger partial charge in [0, 0.05) is 13.1 Å². The largest absolute Gasteiger partial charge is 0.383 e. The molecular formula is C20H26N8O3S. The monoisotopic (exact) mass is 458 g/mol. The van der Waals surface area contributed by atoms with Crippen LogP contribution in [0.2, 0.25) is 0 Å². The van der Waals surface area contributed by atoms with Gasteiger partial charge in [-0.05, 0) is 35.4 Å². The van der Waals surface area contributed by atoms with E-state index in [1.54, 1.807) is 0 Å². The van der Waals surface area contributed by atoms with Gasteiger partial charge in [-0.2, -0.15) is 4.68 Å². The Hall–Kier alpha value is -3.41. The molecule has 3 rings (SSSR count). The molecule has 32 heavy (non-hydrogen) atoms. The summed E-state index contributed by atoms with van der Waals surface area (Å²) < 4.78 is 2.82. The van der Waals surface area contributed by atoms with Gasteiger partial charge < -0.3 is 10.6 Å². The molecule has 3 aromatic rings. The third-order valence-electron chi connectivity index (χ3n) is 4.73. The van der Waals surface area contributed by atoms with Crippen molar-refractivity contribution in [3.63, 3.8) is 0 Å². The number of carbonyl (C=O) groups excluding carboxylic acids is 1. The molecular weight excluding hydrogens is 432 g/mol. The SMILES string of the molecule is CCCCN(C(=O)CSc1nnnn1-c1ccccc1)c1c(N)n(CCC)c(=O)[nH]c1=O. The summed E-state index contributed by atoms with van der Waals surface area (Å²) in [6, 6.07) is 9.32. The molecule has 12 heteroatoms. The zero-order chi connectivity index (χ0) is 23.1. The van der Waals surface area contributed by atoms with Crippen LogP contribution in [-0.4, -0.2) is 48.0 Å². The van der Waals surface area contributed by atoms with Gasteiger partial charge in [0.25, 0.3) is 5.56 Å². The van der Waals surface area contributed by atoms with Crippen LogP contribution >= 0.6 is 11.8 Å². The van der Waals surface area contributed by atoms with E-state index in [1.165, 1.54) is 14.1 Å². The molecule has 0 aliphatic rings. The van der Waals surface area contributed by atoms with E-state index >= 15 is 0 Å². The number of para-hydroxylation sites is 1. The minimum atomic E-state index is -0.677. The Bertz CT molecular complexity index is 1170. The Morgan fingerprint density at radius 2 is 1.94 bits per heavy atom. The predicted octanol–water partition coefficient (Wildman–Crippen LogP) is 1.43. The highest BCUT2D eigenvalue weighted by atomic mass is 32.2. The predicted molar refractivity (Wildman–Crippen MR) is 123 cm³/mol. The number of aromatic nitrogens is 6. The van der Waals surface area contributed by atoms with E-state index in [0.717, 1.165) is 23.9 Å². The van der Waals surface area contributed by atoms with E-state index in [2.05, 4.69) is 20.5 Å². The van der Waals surface area contributed by atoms with E-state index in [0.29, 0.717) is 31.1 Å². The third kappa shape index (κ3) is 5.07. The Morgan fingerprint density at radius 1 is 1.19 bits per heavy atom. The first-order chi connectivity index (χ1) is 15.5. The topological polar surface area (TPSA) is 145 Å². The molecule has 0 aliphatic carbocycles. The number of tetrazole rings is 1. The van der Waals surface area contributed by atoms with Crippen LogP contribution in [-0.2, 0) is 11.3 Å². The number of thioether (sulfide) groups is 1. The molecule has 0 fully saturated rings. The summed E-state index contributed by atoms with van der Waals surface area (Å²) in [7, 11) is 0. The summed E-state index contributed by atoms with van der Waals surface area (Å²) >= 11 is 1.16. The number of hydrogen-bond acceptors (Lipinski definition) is 8. The molecule has 0 radical (unpaired) electrons. The highest BCUT2D eigenvalue weighted by molar-refractivity contribution is 7.99. The van der Waals surface area contributed by atoms with Crippen LogP contribution < -0.4 is 21.9 Å². The summed E-state index contributed by atoms with van der Waals surface area (Å²) in [5.41, 5.74) is 5.68. The molecule has 0 saturated carbocycles. The number of hydrogen-bond donors (Lipinski definition) is 2. The van der Waals surface area contributed by atoms with Gasteiger partial charge in [-0.15, -0.1) is 5.10 Å². The average molecular weight is 459 g/mol. The molecule has 0 saturated heterocycles. The number of nitrogen functional groups attached to an aromatic ring is 1. The Morgan fingerprint density at radius 3 is 2.62 bits per heavy atom. The number of unbranched alkanes of at least 4 members (excludes halogenated alkanes) is 1. The van der Waals surface area contributed by atoms with Gasteiger partial charge in [-0.1, -0.05) is 50.2 Å². The molecule has 2 heterocycles. The van der Waals surface area contributed by atoms with E-state index in [4.69, 9.17) is 5.73 Å². The molecule has 1 aromatic carbocycles. The summed E-state index contributed by atoms with van der Waals surface area (Å²) in [6.07, 6.45) is 2.13. The molecule has 0 bridgehead atoms. The number of H-pyrrole nitrogens is 1. The second-order valence-electron chi connectivity index (χ2n) is 7.04. The number of nitrogens with one attached hydrogen (secondary N) is 1. The first-order valence-electron chi connectivity index (χ1n) is 10.4. The fourth-order valence-corrected chi connectivity index (χ4v) is 3.93. The quantitative estimate of drug-likeness (QED) is 0.434. The lowest BCUT2D eigenvalue weighted by molar-refractivity contribution is -0.116. The Labute approximate surface area is 188 Å². The van der Waals surface area contributed by atoms with E-state index in [9.17, 15) is 14.4 Å². The zero-order valence-corrected chi connectivity index (χ0v) is 18.8. The van der Waals surface area contributed by atoms with Crippen molar-refractivity contribution < 1.29 is 4.79 Å². The van der Waals surface area contributed by atoms with Gasteiger partial charge in [0.2, 0.25) is 11.1 Å². The maximum atomic E-state index is 13.2. The molecule has 2 aromatic heterocycles. The molecule has 0 spiro atoms. The first kappa shape index (κ1) is 23.3. The minimum absolute atomic E-state index is 0.000230. The van der Waals surface area contributed by atoms with Crippen LogP contribution in [0.25, 0.3) is 5.69 Å². The maximum Gasteiger partial charge on any atom is 0.330 e. The van der Waals surface area contributed by atoms with Crippen LogP contribution in [0, 0.1) is 0 Å². The van der Waals surface area contributed by atoms with Crippen molar-refractivity contribution in [3.05, 3.63) is 51.2 Å². The number of anilines is 2. The van der Waals surface area contributed by atoms with Gasteiger partial charge >= 0.3 is 5.69 Å². The van der Waals surface area contributed by atoms with Crippen LogP contribution in [0.3, 0.4) is 0 Å². The maximum absolute atomic E-state index is 13.2. The fourth-order valence-electron chi connectivity index (χ4n) is 3.17. The lowest BCUT2D eigenvalue weighted by atomic mass is 10.2. The molecule has 3 N–H and O–H groups in total. The smallest absolute Gasteiger partial charge is 0.330 e. The van der Waals surface area contributed by atoms with Gasteiger partial charge in [-0.25, -0.2) is 4.79 Å². The molecule has 0 atom stereocenters. The summed E-state index contributed by atoms with van der Waals surface area (Å²) in [6.45, 7) is 4.52. The van der Waals surface area contributed by atoms with Crippen molar-refractivity contribution in [2.75, 3.05) is 22.9 Å². The second kappa shape index (κ2) is 10.8. The van der Waals surface area contributed by atoms with E-state index < -0.39 is 11.2 Å². The van der Waals surface area contributed by atoms with Crippen LogP contribution in [0.15, 0.2) is 45.1 Å². The summed E-state index contributed by atoms with van der Waals surface area (Å²) in [5.74, 6) is -0.350. The van der Waals surface area contributed by atoms with Crippen molar-refractivity contribution in [2.24, 2.45) is 0 Å². The fraction of sp³-hybridized carbons (Fsp3) is 0.400. The van der Waals surface area contributed by atoms with Crippen LogP contribution in [0.4, 0.5) is 11.5 Å². The van der Waals surface area contributed by atoms with Gasteiger partial charge in [-0.3, -0.25) is 19.1 Å². The lowest BCUT2D eigenvalue weighted by Gasteiger charge is -2.24. The number of amides is 1. The summed E-state index contributed by atoms with van der Waals surface area (Å²) in [4.78, 5) is 41.6. The molecule has 1 amide bonds. The average Bonchev–Trinajstić information content (AvgIpc) is 3.26. The van der Waals surface area contributed by atoms with Crippen molar-refractivity contribution in [2.45, 2.75) is 44.8 Å². The van der Waals surface area contributed by atoms with Crippen molar-refractivity contribution in [3.8, 4) is 5.69 Å². The van der Waals surface area contributed by atoms with Gasteiger partial charge in [0.15, 0.2) is 5.69 Å². The van der Waals surface area contributed by atoms with Crippen molar-refractivity contribution >= 4 is 29.2 Å². The standard InChI is InChI=1S/C20H26N8O3S/c1-3-5-12-26(16-17(21)27(11-4-2)19(31)22-18(16)30)15(29)13-32-20-23-24-25-28(20)14-9-7-6-8-10-14/h6-10H,3-5,11-13,21H2,1-2H3,(H,22,30,31). The molecule has 170 valence electrons. The number of benzene rings is 1. The molecule has 0 aliphatic heterocycles. The zero-order valence-electron chi connectivity index (χ0n) is 18.0. The van der Waals surface area contributed by atoms with Gasteiger partial charge in [0.1, 0.15) is 5.82 Å². The number of rotatable bonds is 10. The number of aromatic amines is 1. The Balaban J connectivity index is 1.88. The molecule has 0 unspecified atom stereocenters. The van der Waals surface area contributed by atoms with E-state index in [-0.39, 0.29) is 23.2 Å². The minimum Gasteiger partial charge on any atom is -0.383 e. The highest BCUT2D eigenvalue weighted by Gasteiger charge is 2.24. The third-order valence-corrected chi connectivity index (χ3v) is 5.64. The van der Waals surface area contributed by atoms with E-state index in [1.807, 2.05) is 44.2 Å². The van der Waals surface area contributed by atoms with Crippen molar-refractivity contribution in [1.29, 1.82) is 0 Å². The Kier molecular flexibility index (Phi) is 7.82. The second-order valence-corrected chi connectivity index (χ2v) is 7.98. The van der Waals surface area contributed by atoms with Gasteiger partial charge in [0.05, 0.1) is 11.4 Å². The first-order valence-corrected chi connectivity index (χ1v) is 11.4. The number of carbonyl (C=O) groups is 1. The number of nitrogens with zero attached hydrogens (tertiary/aromatic N) is 6. The highest BCUT2D eigenvalue weighted by Crippen LogP contribution is 2.22. The lowest BCUT2D eigenvalue weighted by Crippen LogP contribution is -2.42.